The molecule has 29 heteroatoms. The molecule has 10 atom stereocenters. The number of aromatic hydroxyl groups is 2. The van der Waals surface area contributed by atoms with E-state index in [-0.39, 0.29) is 127 Å². The Morgan fingerprint density at radius 3 is 1.17 bits per heavy atom. The fourth-order valence-corrected chi connectivity index (χ4v) is 11.6. The van der Waals surface area contributed by atoms with Crippen molar-refractivity contribution in [2.45, 2.75) is 203 Å². The zero-order valence-corrected chi connectivity index (χ0v) is 53.3. The van der Waals surface area contributed by atoms with Crippen LogP contribution < -0.4 is 76.9 Å². The Balaban J connectivity index is 1.64. The number of phenolic OH excluding ortho intramolecular Hbond substituents is 2. The first-order chi connectivity index (χ1) is 44.1. The second kappa shape index (κ2) is 38.6. The van der Waals surface area contributed by atoms with Gasteiger partial charge in [-0.05, 0) is 183 Å². The van der Waals surface area contributed by atoms with Crippen molar-refractivity contribution in [2.24, 2.45) is 45.3 Å². The number of rotatable bonds is 25. The molecule has 0 radical (unpaired) electrons. The SMILES string of the molecule is CC(C)[C@@H]1NC(=O)[C@H](CCCCN)NC(=O)[C@H](Cc2ccc(O)cc2)NC(=O)[C@@H]2CCCN2C(=O)[C@H]2CCCN2C(=O)[C@H](Cc2ccc(O)cc2)NC(=O)[C@H](CCCCN)NC(=O)[C@H](CCCCN)NC(=O)[C@H](CCCCN)NC(=O)[C@H](CCCN=C(N)N)NC1=O. The predicted octanol–water partition coefficient (Wildman–Crippen LogP) is -2.02. The minimum Gasteiger partial charge on any atom is -0.508 e. The lowest BCUT2D eigenvalue weighted by molar-refractivity contribution is -0.148. The van der Waals surface area contributed by atoms with Crippen LogP contribution in [0.4, 0.5) is 0 Å². The fourth-order valence-electron chi connectivity index (χ4n) is 11.6. The van der Waals surface area contributed by atoms with Crippen molar-refractivity contribution in [3.8, 4) is 11.5 Å². The zero-order chi connectivity index (χ0) is 67.3. The Bertz CT molecular complexity index is 2790. The third-order valence-electron chi connectivity index (χ3n) is 16.8. The van der Waals surface area contributed by atoms with E-state index < -0.39 is 125 Å². The summed E-state index contributed by atoms with van der Waals surface area (Å²) in [5, 5.41) is 42.8. The molecule has 10 amide bonds. The topological polar surface area (TPSA) is 482 Å². The maximum absolute atomic E-state index is 15.2. The van der Waals surface area contributed by atoms with Crippen molar-refractivity contribution < 1.29 is 58.2 Å². The maximum atomic E-state index is 15.2. The summed E-state index contributed by atoms with van der Waals surface area (Å²) in [5.41, 5.74) is 35.8. The van der Waals surface area contributed by atoms with E-state index in [4.69, 9.17) is 34.4 Å². The van der Waals surface area contributed by atoms with Crippen molar-refractivity contribution in [2.75, 3.05) is 45.8 Å². The van der Waals surface area contributed by atoms with Crippen LogP contribution >= 0.6 is 0 Å². The molecule has 2 aromatic carbocycles. The van der Waals surface area contributed by atoms with E-state index in [1.807, 2.05) is 0 Å². The number of nitrogens with two attached hydrogens (primary N) is 6. The standard InChI is InChI=1S/C63H101N17O12/c1-38(2)52-60(90)75-47(18-11-33-70-63(68)69)55(85)72-44(15-4-8-30-65)53(83)71-43(14-3-7-29-64)54(84)73-45(16-5-9-31-66)56(86)77-49(37-40-23-27-42(82)28-24-40)61(91)80-35-13-20-51(80)62(92)79-34-12-19-50(79)59(89)76-48(36-39-21-25-41(81)26-22-39)58(88)74-46(57(87)78-52)17-6-10-32-67/h21-28,38,43-52,81-82H,3-20,29-37,64-67H2,1-2H3,(H,71,83)(H,72,85)(H,73,84)(H,74,88)(H,75,90)(H,76,89)(H,77,86)(H,78,87)(H4,68,69,70)/t43-,44-,45-,46-,47-,48-,49-,50-,51+,52-/m0/s1. The number of benzene rings is 2. The van der Waals surface area contributed by atoms with Gasteiger partial charge >= 0.3 is 0 Å². The van der Waals surface area contributed by atoms with Gasteiger partial charge in [0.25, 0.3) is 0 Å². The molecule has 5 rings (SSSR count). The van der Waals surface area contributed by atoms with Crippen LogP contribution in [-0.2, 0) is 60.8 Å². The van der Waals surface area contributed by atoms with Gasteiger partial charge in [-0.2, -0.15) is 0 Å². The summed E-state index contributed by atoms with van der Waals surface area (Å²) in [6.45, 7) is 4.61. The van der Waals surface area contributed by atoms with E-state index in [0.717, 1.165) is 0 Å². The number of amides is 10. The van der Waals surface area contributed by atoms with Crippen molar-refractivity contribution in [3.05, 3.63) is 59.7 Å². The van der Waals surface area contributed by atoms with E-state index in [2.05, 4.69) is 47.5 Å². The molecule has 22 N–H and O–H groups in total. The van der Waals surface area contributed by atoms with E-state index >= 15 is 4.79 Å². The number of fused-ring (bicyclic) bond motifs is 2. The number of carbonyl (C=O) groups excluding carboxylic acids is 10. The number of carbonyl (C=O) groups is 10. The molecule has 3 fully saturated rings. The number of aliphatic imine (C=N–C) groups is 1. The van der Waals surface area contributed by atoms with Crippen LogP contribution in [0.25, 0.3) is 0 Å². The van der Waals surface area contributed by atoms with Gasteiger partial charge < -0.3 is 96.9 Å². The zero-order valence-electron chi connectivity index (χ0n) is 53.3. The number of nitrogens with zero attached hydrogens (tertiary/aromatic N) is 3. The summed E-state index contributed by atoms with van der Waals surface area (Å²) in [7, 11) is 0. The highest BCUT2D eigenvalue weighted by atomic mass is 16.3. The summed E-state index contributed by atoms with van der Waals surface area (Å²) < 4.78 is 0. The monoisotopic (exact) mass is 1290 g/mol. The Labute approximate surface area is 538 Å². The first-order valence-corrected chi connectivity index (χ1v) is 32.5. The third-order valence-corrected chi connectivity index (χ3v) is 16.8. The lowest BCUT2D eigenvalue weighted by Crippen LogP contribution is -2.62. The molecule has 29 nitrogen and oxygen atoms in total. The molecule has 3 heterocycles. The minimum absolute atomic E-state index is 0.0324. The number of nitrogens with one attached hydrogen (secondary N) is 8. The van der Waals surface area contributed by atoms with Crippen molar-refractivity contribution >= 4 is 65.0 Å². The first-order valence-electron chi connectivity index (χ1n) is 32.5. The van der Waals surface area contributed by atoms with E-state index in [0.29, 0.717) is 75.3 Å². The van der Waals surface area contributed by atoms with Gasteiger partial charge in [-0.3, -0.25) is 52.9 Å². The summed E-state index contributed by atoms with van der Waals surface area (Å²) in [6, 6.07) is -0.876. The minimum atomic E-state index is -1.38. The van der Waals surface area contributed by atoms with Crippen LogP contribution in [0.1, 0.15) is 141 Å². The normalized spacial score (nSPS) is 24.7. The van der Waals surface area contributed by atoms with Gasteiger partial charge in [0.05, 0.1) is 0 Å². The highest BCUT2D eigenvalue weighted by Crippen LogP contribution is 2.27. The Morgan fingerprint density at radius 2 is 0.772 bits per heavy atom. The highest BCUT2D eigenvalue weighted by Gasteiger charge is 2.45. The summed E-state index contributed by atoms with van der Waals surface area (Å²) in [5.74, 6) is -8.25. The van der Waals surface area contributed by atoms with Crippen molar-refractivity contribution in [1.82, 2.24) is 52.3 Å². The second-order valence-electron chi connectivity index (χ2n) is 24.4. The Morgan fingerprint density at radius 1 is 0.435 bits per heavy atom. The molecule has 0 aromatic heterocycles. The van der Waals surface area contributed by atoms with Gasteiger partial charge in [0.2, 0.25) is 59.1 Å². The number of hydrogen-bond donors (Lipinski definition) is 16. The fraction of sp³-hybridized carbons (Fsp3) is 0.635. The lowest BCUT2D eigenvalue weighted by Gasteiger charge is -2.34. The molecule has 92 heavy (non-hydrogen) atoms. The van der Waals surface area contributed by atoms with Crippen LogP contribution in [0, 0.1) is 5.92 Å². The molecule has 0 saturated carbocycles. The average Bonchev–Trinajstić information content (AvgIpc) is 1.78. The van der Waals surface area contributed by atoms with Gasteiger partial charge in [0, 0.05) is 32.5 Å². The number of hydrogen-bond acceptors (Lipinski definition) is 17. The first kappa shape index (κ1) is 74.6. The number of guanidine groups is 1. The van der Waals surface area contributed by atoms with E-state index in [1.165, 1.54) is 34.1 Å². The van der Waals surface area contributed by atoms with Crippen LogP contribution in [0.2, 0.25) is 0 Å². The summed E-state index contributed by atoms with van der Waals surface area (Å²) in [6.07, 6.45) is 4.36. The molecule has 0 bridgehead atoms. The van der Waals surface area contributed by atoms with Gasteiger partial charge in [-0.1, -0.05) is 38.1 Å². The van der Waals surface area contributed by atoms with Gasteiger partial charge in [0.15, 0.2) is 5.96 Å². The Kier molecular flexibility index (Phi) is 31.3. The quantitative estimate of drug-likeness (QED) is 0.0290. The summed E-state index contributed by atoms with van der Waals surface area (Å²) >= 11 is 0. The largest absolute Gasteiger partial charge is 0.508 e. The maximum Gasteiger partial charge on any atom is 0.246 e. The molecule has 2 aromatic rings. The van der Waals surface area contributed by atoms with E-state index in [1.54, 1.807) is 38.1 Å². The molecule has 0 unspecified atom stereocenters. The lowest BCUT2D eigenvalue weighted by atomic mass is 9.99. The van der Waals surface area contributed by atoms with E-state index in [9.17, 15) is 53.4 Å². The molecule has 0 aliphatic carbocycles. The molecule has 510 valence electrons. The van der Waals surface area contributed by atoms with Gasteiger partial charge in [-0.15, -0.1) is 0 Å². The van der Waals surface area contributed by atoms with Gasteiger partial charge in [-0.25, -0.2) is 0 Å². The smallest absolute Gasteiger partial charge is 0.246 e. The molecular weight excluding hydrogens is 1190 g/mol. The van der Waals surface area contributed by atoms with Crippen LogP contribution in [0.3, 0.4) is 0 Å². The number of unbranched alkanes of at least 4 members (excludes halogenated alkanes) is 4. The van der Waals surface area contributed by atoms with Crippen molar-refractivity contribution in [1.29, 1.82) is 0 Å². The highest BCUT2D eigenvalue weighted by molar-refractivity contribution is 6.00. The number of phenols is 2. The molecule has 3 aliphatic rings. The average molecular weight is 1290 g/mol. The second-order valence-corrected chi connectivity index (χ2v) is 24.4. The predicted molar refractivity (Wildman–Crippen MR) is 345 cm³/mol. The van der Waals surface area contributed by atoms with Crippen LogP contribution in [0.15, 0.2) is 53.5 Å². The third kappa shape index (κ3) is 23.5. The molecule has 3 saturated heterocycles. The molecular formula is C63H101N17O12. The van der Waals surface area contributed by atoms with Gasteiger partial charge in [0.1, 0.15) is 71.9 Å². The Hall–Kier alpha value is -8.15. The van der Waals surface area contributed by atoms with Crippen LogP contribution in [0.5, 0.6) is 11.5 Å². The van der Waals surface area contributed by atoms with Crippen molar-refractivity contribution in [3.63, 3.8) is 0 Å². The molecule has 0 spiro atoms. The molecule has 3 aliphatic heterocycles. The summed E-state index contributed by atoms with van der Waals surface area (Å²) in [4.78, 5) is 155. The van der Waals surface area contributed by atoms with Crippen LogP contribution in [-0.4, -0.2) is 191 Å².